The summed E-state index contributed by atoms with van der Waals surface area (Å²) in [4.78, 5) is 49.7. The molecule has 4 rings (SSSR count). The van der Waals surface area contributed by atoms with Gasteiger partial charge in [0.05, 0.1) is 30.6 Å². The Balaban J connectivity index is 1.79. The van der Waals surface area contributed by atoms with Gasteiger partial charge in [-0.1, -0.05) is 26.0 Å². The normalized spacial score (nSPS) is 27.1. The summed E-state index contributed by atoms with van der Waals surface area (Å²) in [5.74, 6) is -2.36. The second kappa shape index (κ2) is 12.4. The molecule has 6 atom stereocenters. The highest BCUT2D eigenvalue weighted by Gasteiger charge is 2.75. The number of fused-ring (bicyclic) bond motifs is 1. The Morgan fingerprint density at radius 3 is 2.24 bits per heavy atom. The quantitative estimate of drug-likeness (QED) is 0.369. The molecule has 41 heavy (non-hydrogen) atoms. The Hall–Kier alpha value is -3.17. The molecule has 0 aromatic heterocycles. The van der Waals surface area contributed by atoms with E-state index < -0.39 is 35.6 Å². The summed E-state index contributed by atoms with van der Waals surface area (Å²) in [7, 11) is 1.70. The number of carbonyl (C=O) groups excluding carboxylic acids is 3. The number of hydrogen-bond acceptors (Lipinski definition) is 6. The minimum atomic E-state index is -1.14. The van der Waals surface area contributed by atoms with E-state index in [0.717, 1.165) is 18.8 Å². The molecule has 1 N–H and O–H groups in total. The molecule has 3 aliphatic heterocycles. The van der Waals surface area contributed by atoms with E-state index in [4.69, 9.17) is 4.74 Å². The summed E-state index contributed by atoms with van der Waals surface area (Å²) in [6.07, 6.45) is 3.96. The Kier molecular flexibility index (Phi) is 9.29. The van der Waals surface area contributed by atoms with E-state index in [2.05, 4.69) is 31.9 Å². The van der Waals surface area contributed by atoms with Gasteiger partial charge in [0.15, 0.2) is 0 Å². The highest BCUT2D eigenvalue weighted by molar-refractivity contribution is 6.05. The maximum atomic E-state index is 14.7. The summed E-state index contributed by atoms with van der Waals surface area (Å²) in [5.41, 5.74) is 0.606. The maximum absolute atomic E-state index is 14.7. The lowest BCUT2D eigenvalue weighted by Crippen LogP contribution is -2.59. The Bertz CT molecular complexity index is 1150. The largest absolute Gasteiger partial charge is 0.394 e. The number of ether oxygens (including phenoxy) is 1. The fourth-order valence-corrected chi connectivity index (χ4v) is 7.20. The zero-order chi connectivity index (χ0) is 30.1. The number of amides is 3. The van der Waals surface area contributed by atoms with E-state index in [1.54, 1.807) is 33.9 Å². The third kappa shape index (κ3) is 5.07. The van der Waals surface area contributed by atoms with Gasteiger partial charge in [-0.15, -0.1) is 13.2 Å². The molecule has 9 heteroatoms. The van der Waals surface area contributed by atoms with Crippen molar-refractivity contribution in [3.05, 3.63) is 49.6 Å². The minimum Gasteiger partial charge on any atom is -0.394 e. The first-order valence-corrected chi connectivity index (χ1v) is 14.9. The summed E-state index contributed by atoms with van der Waals surface area (Å²) in [5, 5.41) is 10.5. The van der Waals surface area contributed by atoms with Gasteiger partial charge in [-0.2, -0.15) is 0 Å². The lowest BCUT2D eigenvalue weighted by Gasteiger charge is -2.40. The summed E-state index contributed by atoms with van der Waals surface area (Å²) >= 11 is 0. The number of aliphatic hydroxyl groups excluding tert-OH is 1. The van der Waals surface area contributed by atoms with Crippen molar-refractivity contribution in [1.82, 2.24) is 9.80 Å². The van der Waals surface area contributed by atoms with Crippen LogP contribution >= 0.6 is 0 Å². The average Bonchev–Trinajstić information content (AvgIpc) is 3.60. The Morgan fingerprint density at radius 2 is 1.71 bits per heavy atom. The van der Waals surface area contributed by atoms with E-state index in [1.165, 1.54) is 0 Å². The topological polar surface area (TPSA) is 93.6 Å². The van der Waals surface area contributed by atoms with Crippen molar-refractivity contribution >= 4 is 29.1 Å². The molecule has 224 valence electrons. The highest BCUT2D eigenvalue weighted by Crippen LogP contribution is 2.59. The van der Waals surface area contributed by atoms with E-state index in [1.807, 2.05) is 38.1 Å². The second-order valence-corrected chi connectivity index (χ2v) is 11.7. The molecule has 3 aliphatic rings. The molecule has 3 fully saturated rings. The fraction of sp³-hybridized carbons (Fsp3) is 0.594. The number of likely N-dealkylation sites (tertiary alicyclic amines) is 1. The van der Waals surface area contributed by atoms with Gasteiger partial charge in [-0.25, -0.2) is 0 Å². The van der Waals surface area contributed by atoms with Crippen LogP contribution < -0.4 is 9.80 Å². The number of carbonyl (C=O) groups is 3. The van der Waals surface area contributed by atoms with Gasteiger partial charge in [0, 0.05) is 44.6 Å². The predicted octanol–water partition coefficient (Wildman–Crippen LogP) is 3.09. The van der Waals surface area contributed by atoms with E-state index in [0.29, 0.717) is 25.1 Å². The summed E-state index contributed by atoms with van der Waals surface area (Å²) < 4.78 is 6.60. The van der Waals surface area contributed by atoms with Crippen LogP contribution in [-0.4, -0.2) is 96.3 Å². The van der Waals surface area contributed by atoms with Crippen molar-refractivity contribution in [3.8, 4) is 0 Å². The molecule has 2 bridgehead atoms. The number of nitrogens with zero attached hydrogens (tertiary/aromatic N) is 4. The van der Waals surface area contributed by atoms with E-state index in [-0.39, 0.29) is 36.8 Å². The Morgan fingerprint density at radius 1 is 1.10 bits per heavy atom. The van der Waals surface area contributed by atoms with Gasteiger partial charge in [-0.3, -0.25) is 14.4 Å². The van der Waals surface area contributed by atoms with Crippen LogP contribution in [0.2, 0.25) is 0 Å². The van der Waals surface area contributed by atoms with Crippen LogP contribution in [0.3, 0.4) is 0 Å². The molecule has 0 saturated carbocycles. The number of benzene rings is 1. The zero-order valence-corrected chi connectivity index (χ0v) is 25.2. The maximum Gasteiger partial charge on any atom is 0.253 e. The SMILES string of the molecule is C=CCN(C)C(=O)[C@@H]1[C@H]2C(=O)N([C@@H](CO)C(C)C)C(C(=O)N(CC=C)c3ccc(N(CC)CC)cc3)C23CC[C@H]1O3. The van der Waals surface area contributed by atoms with Crippen molar-refractivity contribution in [2.75, 3.05) is 49.6 Å². The molecular formula is C32H46N4O5. The van der Waals surface area contributed by atoms with Gasteiger partial charge in [0.25, 0.3) is 5.91 Å². The highest BCUT2D eigenvalue weighted by atomic mass is 16.5. The fourth-order valence-electron chi connectivity index (χ4n) is 7.20. The molecule has 9 nitrogen and oxygen atoms in total. The van der Waals surface area contributed by atoms with Gasteiger partial charge >= 0.3 is 0 Å². The lowest BCUT2D eigenvalue weighted by molar-refractivity contribution is -0.147. The summed E-state index contributed by atoms with van der Waals surface area (Å²) in [6, 6.07) is 6.25. The van der Waals surface area contributed by atoms with Crippen LogP contribution in [0.1, 0.15) is 40.5 Å². The van der Waals surface area contributed by atoms with Crippen LogP contribution in [0.4, 0.5) is 11.4 Å². The van der Waals surface area contributed by atoms with Crippen molar-refractivity contribution in [1.29, 1.82) is 0 Å². The second-order valence-electron chi connectivity index (χ2n) is 11.7. The molecule has 1 spiro atoms. The Labute approximate surface area is 244 Å². The number of hydrogen-bond donors (Lipinski definition) is 1. The van der Waals surface area contributed by atoms with Crippen LogP contribution in [0, 0.1) is 17.8 Å². The molecule has 3 saturated heterocycles. The first-order chi connectivity index (χ1) is 19.6. The van der Waals surface area contributed by atoms with Crippen LogP contribution in [0.25, 0.3) is 0 Å². The van der Waals surface area contributed by atoms with Crippen LogP contribution in [0.15, 0.2) is 49.6 Å². The minimum absolute atomic E-state index is 0.120. The molecule has 1 aromatic carbocycles. The van der Waals surface area contributed by atoms with E-state index in [9.17, 15) is 19.5 Å². The predicted molar refractivity (Wildman–Crippen MR) is 161 cm³/mol. The van der Waals surface area contributed by atoms with Crippen LogP contribution in [-0.2, 0) is 19.1 Å². The summed E-state index contributed by atoms with van der Waals surface area (Å²) in [6.45, 7) is 17.7. The molecule has 3 amide bonds. The molecule has 0 radical (unpaired) electrons. The van der Waals surface area contributed by atoms with Gasteiger partial charge in [0.2, 0.25) is 11.8 Å². The number of likely N-dealkylation sites (N-methyl/N-ethyl adjacent to an activating group) is 1. The third-order valence-electron chi connectivity index (χ3n) is 9.22. The molecule has 2 unspecified atom stereocenters. The smallest absolute Gasteiger partial charge is 0.253 e. The first-order valence-electron chi connectivity index (χ1n) is 14.9. The third-order valence-corrected chi connectivity index (χ3v) is 9.22. The number of rotatable bonds is 13. The van der Waals surface area contributed by atoms with Crippen molar-refractivity contribution in [2.45, 2.75) is 64.3 Å². The van der Waals surface area contributed by atoms with Crippen molar-refractivity contribution < 1.29 is 24.2 Å². The van der Waals surface area contributed by atoms with Crippen LogP contribution in [0.5, 0.6) is 0 Å². The molecule has 0 aliphatic carbocycles. The standard InChI is InChI=1S/C32H46N4O5/c1-8-18-33(7)29(38)26-25-16-17-32(41-25)27(26)30(39)36(24(20-37)21(5)6)28(32)31(40)35(19-9-2)23-14-12-22(13-15-23)34(10-3)11-4/h8-9,12-15,21,24-28,37H,1-2,10-11,16-20H2,3-7H3/t24-,25+,26-,27-,28?,32?/m0/s1. The monoisotopic (exact) mass is 566 g/mol. The lowest BCUT2D eigenvalue weighted by atomic mass is 9.70. The number of anilines is 2. The molecule has 3 heterocycles. The average molecular weight is 567 g/mol. The molecule has 1 aromatic rings. The van der Waals surface area contributed by atoms with Gasteiger partial charge < -0.3 is 29.4 Å². The zero-order valence-electron chi connectivity index (χ0n) is 25.2. The van der Waals surface area contributed by atoms with Gasteiger partial charge in [-0.05, 0) is 56.9 Å². The molecular weight excluding hydrogens is 520 g/mol. The van der Waals surface area contributed by atoms with Crippen molar-refractivity contribution in [2.24, 2.45) is 17.8 Å². The van der Waals surface area contributed by atoms with Gasteiger partial charge in [0.1, 0.15) is 11.6 Å². The number of aliphatic hydroxyl groups is 1. The van der Waals surface area contributed by atoms with E-state index >= 15 is 0 Å². The first kappa shape index (κ1) is 30.8. The van der Waals surface area contributed by atoms with Crippen molar-refractivity contribution in [3.63, 3.8) is 0 Å².